The zero-order valence-electron chi connectivity index (χ0n) is 16.3. The predicted octanol–water partition coefficient (Wildman–Crippen LogP) is 4.60. The van der Waals surface area contributed by atoms with Gasteiger partial charge in [0.15, 0.2) is 0 Å². The average molecular weight is 374 g/mol. The van der Waals surface area contributed by atoms with E-state index < -0.39 is 12.2 Å². The van der Waals surface area contributed by atoms with Crippen molar-refractivity contribution in [2.45, 2.75) is 46.2 Å². The molecular weight excluding hydrogens is 344 g/mol. The van der Waals surface area contributed by atoms with Gasteiger partial charge in [-0.15, -0.1) is 0 Å². The van der Waals surface area contributed by atoms with E-state index in [1.807, 2.05) is 0 Å². The summed E-state index contributed by atoms with van der Waals surface area (Å²) in [4.78, 5) is 19.4. The van der Waals surface area contributed by atoms with Gasteiger partial charge in [0, 0.05) is 12.1 Å². The third-order valence-corrected chi connectivity index (χ3v) is 2.92. The Balaban J connectivity index is 0.000000416. The van der Waals surface area contributed by atoms with Gasteiger partial charge < -0.3 is 20.8 Å². The maximum atomic E-state index is 9.70. The Labute approximate surface area is 161 Å². The Morgan fingerprint density at radius 2 is 1.00 bits per heavy atom. The summed E-state index contributed by atoms with van der Waals surface area (Å²) >= 11 is 0. The van der Waals surface area contributed by atoms with Gasteiger partial charge in [-0.2, -0.15) is 0 Å². The topological polar surface area (TPSA) is 98.7 Å². The molecule has 0 saturated heterocycles. The van der Waals surface area contributed by atoms with Crippen LogP contribution in [0.1, 0.15) is 38.8 Å². The van der Waals surface area contributed by atoms with E-state index in [0.717, 1.165) is 6.42 Å². The van der Waals surface area contributed by atoms with Gasteiger partial charge in [-0.3, -0.25) is 0 Å². The van der Waals surface area contributed by atoms with Crippen molar-refractivity contribution < 1.29 is 19.8 Å². The minimum atomic E-state index is -0.963. The Morgan fingerprint density at radius 3 is 1.19 bits per heavy atom. The molecule has 0 unspecified atom stereocenters. The molecule has 27 heavy (non-hydrogen) atoms. The van der Waals surface area contributed by atoms with Gasteiger partial charge >= 0.3 is 12.2 Å². The molecule has 2 aromatic rings. The maximum absolute atomic E-state index is 9.70. The average Bonchev–Trinajstić information content (AvgIpc) is 2.55. The van der Waals surface area contributed by atoms with Crippen molar-refractivity contribution in [3.63, 3.8) is 0 Å². The van der Waals surface area contributed by atoms with Crippen LogP contribution in [0, 0.1) is 0 Å². The highest BCUT2D eigenvalue weighted by Gasteiger charge is 1.95. The van der Waals surface area contributed by atoms with Crippen LogP contribution in [0.5, 0.6) is 0 Å². The van der Waals surface area contributed by atoms with E-state index in [1.165, 1.54) is 11.1 Å². The second-order valence-corrected chi connectivity index (χ2v) is 6.36. The van der Waals surface area contributed by atoms with Crippen LogP contribution in [0.4, 0.5) is 9.59 Å². The van der Waals surface area contributed by atoms with Gasteiger partial charge in [0.05, 0.1) is 0 Å². The summed E-state index contributed by atoms with van der Waals surface area (Å²) in [6.07, 6.45) is -0.896. The van der Waals surface area contributed by atoms with E-state index in [9.17, 15) is 9.59 Å². The number of carboxylic acid groups (broad SMARTS) is 2. The number of hydrogen-bond donors (Lipinski definition) is 4. The molecule has 4 N–H and O–H groups in total. The van der Waals surface area contributed by atoms with Crippen LogP contribution in [-0.2, 0) is 6.42 Å². The molecule has 0 atom stereocenters. The lowest BCUT2D eigenvalue weighted by molar-refractivity contribution is 0.190. The van der Waals surface area contributed by atoms with Crippen molar-refractivity contribution in [2.24, 2.45) is 0 Å². The van der Waals surface area contributed by atoms with Crippen LogP contribution in [0.15, 0.2) is 60.7 Å². The zero-order chi connectivity index (χ0) is 20.7. The fourth-order valence-electron chi connectivity index (χ4n) is 1.92. The fourth-order valence-corrected chi connectivity index (χ4v) is 1.92. The smallest absolute Gasteiger partial charge is 0.404 e. The molecule has 6 heteroatoms. The normalized spacial score (nSPS) is 9.41. The molecule has 6 nitrogen and oxygen atoms in total. The number of carbonyl (C=O) groups is 2. The third-order valence-electron chi connectivity index (χ3n) is 2.92. The minimum Gasteiger partial charge on any atom is -0.465 e. The van der Waals surface area contributed by atoms with Crippen LogP contribution in [-0.4, -0.2) is 34.5 Å². The van der Waals surface area contributed by atoms with E-state index in [4.69, 9.17) is 10.2 Å². The van der Waals surface area contributed by atoms with Gasteiger partial charge in [0.25, 0.3) is 0 Å². The molecule has 0 heterocycles. The van der Waals surface area contributed by atoms with Crippen LogP contribution in [0.3, 0.4) is 0 Å². The molecule has 0 aliphatic carbocycles. The summed E-state index contributed by atoms with van der Waals surface area (Å²) in [5.41, 5.74) is 2.74. The van der Waals surface area contributed by atoms with Crippen molar-refractivity contribution in [2.75, 3.05) is 0 Å². The quantitative estimate of drug-likeness (QED) is 0.628. The van der Waals surface area contributed by atoms with E-state index >= 15 is 0 Å². The van der Waals surface area contributed by atoms with Crippen LogP contribution in [0.2, 0.25) is 0 Å². The largest absolute Gasteiger partial charge is 0.465 e. The summed E-state index contributed by atoms with van der Waals surface area (Å²) in [5, 5.41) is 20.4. The first kappa shape index (κ1) is 24.0. The highest BCUT2D eigenvalue weighted by atomic mass is 16.4. The second-order valence-electron chi connectivity index (χ2n) is 6.36. The molecule has 2 aromatic carbocycles. The van der Waals surface area contributed by atoms with Gasteiger partial charge in [-0.05, 0) is 45.2 Å². The summed E-state index contributed by atoms with van der Waals surface area (Å²) in [6.45, 7) is 7.09. The molecule has 0 bridgehead atoms. The Bertz CT molecular complexity index is 586. The molecule has 0 spiro atoms. The number of benzene rings is 2. The molecular formula is C21H30N2O4. The molecule has 0 aliphatic rings. The Hall–Kier alpha value is -3.02. The van der Waals surface area contributed by atoms with E-state index in [1.54, 1.807) is 27.7 Å². The Kier molecular flexibility index (Phi) is 12.6. The van der Waals surface area contributed by atoms with Crippen molar-refractivity contribution >= 4 is 12.2 Å². The highest BCUT2D eigenvalue weighted by molar-refractivity contribution is 5.64. The summed E-state index contributed by atoms with van der Waals surface area (Å²) in [6, 6.07) is 21.1. The molecule has 0 aromatic heterocycles. The summed E-state index contributed by atoms with van der Waals surface area (Å²) in [5.74, 6) is 0. The minimum absolute atomic E-state index is 0.0255. The first-order valence-electron chi connectivity index (χ1n) is 8.77. The van der Waals surface area contributed by atoms with Crippen molar-refractivity contribution in [1.82, 2.24) is 10.6 Å². The standard InChI is InChI=1S/C13H12.2C4H9NO2/c1-3-7-12(8-4-1)11-13-9-5-2-6-10-13;2*1-3(2)5-4(6)7/h1-10H,11H2;2*3,5H,1-2H3,(H,6,7). The predicted molar refractivity (Wildman–Crippen MR) is 108 cm³/mol. The van der Waals surface area contributed by atoms with Gasteiger partial charge in [-0.25, -0.2) is 9.59 Å². The first-order chi connectivity index (χ1) is 12.7. The maximum Gasteiger partial charge on any atom is 0.404 e. The van der Waals surface area contributed by atoms with E-state index in [0.29, 0.717) is 0 Å². The molecule has 0 fully saturated rings. The van der Waals surface area contributed by atoms with Crippen molar-refractivity contribution in [1.29, 1.82) is 0 Å². The number of hydrogen-bond acceptors (Lipinski definition) is 2. The summed E-state index contributed by atoms with van der Waals surface area (Å²) in [7, 11) is 0. The molecule has 0 radical (unpaired) electrons. The zero-order valence-corrected chi connectivity index (χ0v) is 16.3. The number of amides is 2. The fraction of sp³-hybridized carbons (Fsp3) is 0.333. The molecule has 0 aliphatic heterocycles. The summed E-state index contributed by atoms with van der Waals surface area (Å²) < 4.78 is 0. The molecule has 0 saturated carbocycles. The number of nitrogens with one attached hydrogen (secondary N) is 2. The van der Waals surface area contributed by atoms with Crippen LogP contribution in [0.25, 0.3) is 0 Å². The van der Waals surface area contributed by atoms with E-state index in [2.05, 4.69) is 71.3 Å². The SMILES string of the molecule is CC(C)NC(=O)O.CC(C)NC(=O)O.c1ccc(Cc2ccccc2)cc1. The van der Waals surface area contributed by atoms with Gasteiger partial charge in [0.2, 0.25) is 0 Å². The van der Waals surface area contributed by atoms with Crippen LogP contribution >= 0.6 is 0 Å². The lowest BCUT2D eigenvalue weighted by Gasteiger charge is -2.00. The van der Waals surface area contributed by atoms with Crippen molar-refractivity contribution in [3.8, 4) is 0 Å². The third kappa shape index (κ3) is 16.2. The lowest BCUT2D eigenvalue weighted by atomic mass is 10.1. The molecule has 2 amide bonds. The van der Waals surface area contributed by atoms with Gasteiger partial charge in [-0.1, -0.05) is 60.7 Å². The lowest BCUT2D eigenvalue weighted by Crippen LogP contribution is -2.27. The van der Waals surface area contributed by atoms with Crippen LogP contribution < -0.4 is 10.6 Å². The van der Waals surface area contributed by atoms with Gasteiger partial charge in [0.1, 0.15) is 0 Å². The number of rotatable bonds is 4. The highest BCUT2D eigenvalue weighted by Crippen LogP contribution is 2.07. The second kappa shape index (κ2) is 14.2. The molecule has 148 valence electrons. The van der Waals surface area contributed by atoms with E-state index in [-0.39, 0.29) is 12.1 Å². The monoisotopic (exact) mass is 374 g/mol. The Morgan fingerprint density at radius 1 is 0.704 bits per heavy atom. The first-order valence-corrected chi connectivity index (χ1v) is 8.77. The van der Waals surface area contributed by atoms with Crippen molar-refractivity contribution in [3.05, 3.63) is 71.8 Å². The molecule has 2 rings (SSSR count).